The highest BCUT2D eigenvalue weighted by molar-refractivity contribution is 8.14. The second-order valence-corrected chi connectivity index (χ2v) is 6.16. The first-order valence-electron chi connectivity index (χ1n) is 5.32. The van der Waals surface area contributed by atoms with Crippen molar-refractivity contribution in [3.63, 3.8) is 0 Å². The smallest absolute Gasteiger partial charge is 0.284 e. The Kier molecular flexibility index (Phi) is 6.15. The van der Waals surface area contributed by atoms with Crippen molar-refractivity contribution in [1.82, 2.24) is 0 Å². The number of aliphatic hydroxyl groups excluding tert-OH is 4. The van der Waals surface area contributed by atoms with Crippen molar-refractivity contribution >= 4 is 27.2 Å². The van der Waals surface area contributed by atoms with Crippen molar-refractivity contribution < 1.29 is 42.4 Å². The van der Waals surface area contributed by atoms with Crippen molar-refractivity contribution in [3.8, 4) is 0 Å². The summed E-state index contributed by atoms with van der Waals surface area (Å²) in [6.45, 7) is 0.681. The summed E-state index contributed by atoms with van der Waals surface area (Å²) in [4.78, 5) is 0. The zero-order chi connectivity index (χ0) is 15.5. The fourth-order valence-electron chi connectivity index (χ4n) is 1.45. The van der Waals surface area contributed by atoms with Gasteiger partial charge in [0.2, 0.25) is 0 Å². The van der Waals surface area contributed by atoms with E-state index in [1.807, 2.05) is 0 Å². The number of ether oxygens (including phenoxy) is 1. The molecule has 10 nitrogen and oxygen atoms in total. The minimum Gasteiger partial charge on any atom is -0.714 e. The lowest BCUT2D eigenvalue weighted by Gasteiger charge is -2.39. The van der Waals surface area contributed by atoms with Crippen molar-refractivity contribution in [2.75, 3.05) is 6.61 Å². The van der Waals surface area contributed by atoms with Gasteiger partial charge in [-0.1, -0.05) is 16.9 Å². The lowest BCUT2D eigenvalue weighted by molar-refractivity contribution is -0.205. The molecule has 1 aliphatic rings. The van der Waals surface area contributed by atoms with Gasteiger partial charge in [-0.25, -0.2) is 0 Å². The molecule has 0 aromatic rings. The summed E-state index contributed by atoms with van der Waals surface area (Å²) in [7, 11) is -4.99. The van der Waals surface area contributed by atoms with Crippen molar-refractivity contribution in [2.24, 2.45) is 5.16 Å². The van der Waals surface area contributed by atoms with Crippen LogP contribution < -0.4 is 0 Å². The van der Waals surface area contributed by atoms with Crippen molar-refractivity contribution in [3.05, 3.63) is 0 Å². The van der Waals surface area contributed by atoms with Crippen LogP contribution in [-0.2, 0) is 19.4 Å². The average Bonchev–Trinajstić information content (AvgIpc) is 2.36. The molecule has 1 rings (SSSR count). The highest BCUT2D eigenvalue weighted by Crippen LogP contribution is 2.29. The van der Waals surface area contributed by atoms with Crippen LogP contribution >= 0.6 is 11.8 Å². The number of oxime groups is 1. The van der Waals surface area contributed by atoms with E-state index in [-0.39, 0.29) is 5.04 Å². The standard InChI is InChI=1S/C8H15NO9S2/c1-3(9-18-20(14,15)16)19-8-7(13)6(12)5(11)4(2-10)17-8/h4-8,10-13H,2H2,1H3,(H,14,15,16)/p-1/b9-3-/t4-,5-,6+,7-,8+/m1/s1. The molecule has 1 heterocycles. The van der Waals surface area contributed by atoms with Crippen LogP contribution in [0.4, 0.5) is 0 Å². The van der Waals surface area contributed by atoms with E-state index in [2.05, 4.69) is 9.44 Å². The van der Waals surface area contributed by atoms with Crippen LogP contribution in [0.1, 0.15) is 6.92 Å². The summed E-state index contributed by atoms with van der Waals surface area (Å²) >= 11 is 0.661. The quantitative estimate of drug-likeness (QED) is 0.140. The molecule has 0 aromatic heterocycles. The Labute approximate surface area is 119 Å². The molecule has 0 saturated carbocycles. The van der Waals surface area contributed by atoms with Gasteiger partial charge >= 0.3 is 0 Å². The largest absolute Gasteiger partial charge is 0.714 e. The van der Waals surface area contributed by atoms with Crippen LogP contribution in [0.5, 0.6) is 0 Å². The van der Waals surface area contributed by atoms with Crippen LogP contribution in [0, 0.1) is 0 Å². The molecular weight excluding hydrogens is 318 g/mol. The first-order chi connectivity index (χ1) is 9.15. The highest BCUT2D eigenvalue weighted by atomic mass is 32.3. The molecule has 1 saturated heterocycles. The van der Waals surface area contributed by atoms with Gasteiger partial charge in [-0.15, -0.1) is 0 Å². The molecule has 0 bridgehead atoms. The summed E-state index contributed by atoms with van der Waals surface area (Å²) < 4.78 is 39.4. The maximum absolute atomic E-state index is 10.2. The third kappa shape index (κ3) is 4.82. The molecule has 1 aliphatic heterocycles. The molecule has 0 unspecified atom stereocenters. The molecule has 20 heavy (non-hydrogen) atoms. The van der Waals surface area contributed by atoms with Crippen LogP contribution in [0.2, 0.25) is 0 Å². The van der Waals surface area contributed by atoms with Gasteiger partial charge in [0.1, 0.15) is 34.9 Å². The number of nitrogens with zero attached hydrogens (tertiary/aromatic N) is 1. The molecule has 0 amide bonds. The maximum atomic E-state index is 10.2. The Balaban J connectivity index is 2.71. The lowest BCUT2D eigenvalue weighted by Crippen LogP contribution is -2.57. The van der Waals surface area contributed by atoms with Gasteiger partial charge in [-0.05, 0) is 6.92 Å². The number of hydrogen-bond donors (Lipinski definition) is 4. The van der Waals surface area contributed by atoms with E-state index in [9.17, 15) is 28.3 Å². The van der Waals surface area contributed by atoms with Crippen molar-refractivity contribution in [1.29, 1.82) is 0 Å². The lowest BCUT2D eigenvalue weighted by atomic mass is 10.0. The van der Waals surface area contributed by atoms with Crippen LogP contribution in [0.25, 0.3) is 0 Å². The monoisotopic (exact) mass is 332 g/mol. The van der Waals surface area contributed by atoms with Gasteiger partial charge in [-0.3, -0.25) is 4.28 Å². The van der Waals surface area contributed by atoms with Gasteiger partial charge in [0, 0.05) is 0 Å². The molecule has 0 spiro atoms. The van der Waals surface area contributed by atoms with Crippen LogP contribution in [0.15, 0.2) is 5.16 Å². The van der Waals surface area contributed by atoms with Gasteiger partial charge in [-0.2, -0.15) is 8.42 Å². The predicted octanol–water partition coefficient (Wildman–Crippen LogP) is -2.67. The van der Waals surface area contributed by atoms with Gasteiger partial charge < -0.3 is 29.7 Å². The van der Waals surface area contributed by atoms with E-state index in [0.29, 0.717) is 11.8 Å². The number of rotatable bonds is 4. The highest BCUT2D eigenvalue weighted by Gasteiger charge is 2.43. The zero-order valence-corrected chi connectivity index (χ0v) is 11.8. The summed E-state index contributed by atoms with van der Waals surface area (Å²) in [5.41, 5.74) is -1.13. The van der Waals surface area contributed by atoms with Crippen LogP contribution in [0.3, 0.4) is 0 Å². The third-order valence-electron chi connectivity index (χ3n) is 2.39. The van der Waals surface area contributed by atoms with E-state index < -0.39 is 46.9 Å². The van der Waals surface area contributed by atoms with Gasteiger partial charge in [0.15, 0.2) is 0 Å². The fourth-order valence-corrected chi connectivity index (χ4v) is 2.62. The Morgan fingerprint density at radius 2 is 1.95 bits per heavy atom. The topological polar surface area (TPSA) is 169 Å². The van der Waals surface area contributed by atoms with Gasteiger partial charge in [0.05, 0.1) is 6.61 Å². The minimum absolute atomic E-state index is 0.0752. The van der Waals surface area contributed by atoms with Crippen LogP contribution in [-0.4, -0.2) is 74.9 Å². The SMILES string of the molecule is C/C(=N/OS(=O)(=O)[O-])S[C@@H]1O[C@H](CO)[C@@H](O)[C@H](O)[C@H]1O. The van der Waals surface area contributed by atoms with E-state index >= 15 is 0 Å². The third-order valence-corrected chi connectivity index (χ3v) is 3.69. The summed E-state index contributed by atoms with van der Waals surface area (Å²) in [5.74, 6) is 0. The molecule has 4 N–H and O–H groups in total. The summed E-state index contributed by atoms with van der Waals surface area (Å²) in [6.07, 6.45) is -5.66. The molecule has 1 fully saturated rings. The molecule has 0 aliphatic carbocycles. The van der Waals surface area contributed by atoms with Crippen molar-refractivity contribution in [2.45, 2.75) is 36.8 Å². The van der Waals surface area contributed by atoms with E-state index in [0.717, 1.165) is 0 Å². The predicted molar refractivity (Wildman–Crippen MR) is 65.2 cm³/mol. The number of thioether (sulfide) groups is 1. The second-order valence-electron chi connectivity index (χ2n) is 3.91. The van der Waals surface area contributed by atoms with E-state index in [4.69, 9.17) is 9.84 Å². The van der Waals surface area contributed by atoms with E-state index in [1.165, 1.54) is 6.92 Å². The summed E-state index contributed by atoms with van der Waals surface area (Å²) in [5, 5.41) is 40.6. The molecular formula is C8H14NO9S2-. The first kappa shape index (κ1) is 17.6. The molecule has 0 aromatic carbocycles. The normalized spacial score (nSPS) is 35.9. The Morgan fingerprint density at radius 1 is 1.35 bits per heavy atom. The summed E-state index contributed by atoms with van der Waals surface area (Å²) in [6, 6.07) is 0. The number of aliphatic hydroxyl groups is 4. The molecule has 0 radical (unpaired) electrons. The first-order valence-corrected chi connectivity index (χ1v) is 7.53. The Bertz CT molecular complexity index is 451. The molecule has 118 valence electrons. The number of hydrogen-bond acceptors (Lipinski definition) is 11. The second kappa shape index (κ2) is 7.00. The minimum atomic E-state index is -4.99. The molecule has 12 heteroatoms. The maximum Gasteiger partial charge on any atom is 0.284 e. The fraction of sp³-hybridized carbons (Fsp3) is 0.875. The zero-order valence-electron chi connectivity index (χ0n) is 10.2. The average molecular weight is 332 g/mol. The molecule has 5 atom stereocenters. The van der Waals surface area contributed by atoms with E-state index in [1.54, 1.807) is 0 Å². The Hall–Kier alpha value is -0.470. The van der Waals surface area contributed by atoms with Gasteiger partial charge in [0.25, 0.3) is 10.4 Å². The Morgan fingerprint density at radius 3 is 2.45 bits per heavy atom.